The minimum absolute atomic E-state index is 0.173. The van der Waals surface area contributed by atoms with Gasteiger partial charge in [0.25, 0.3) is 5.91 Å². The number of carbonyl (C=O) groups excluding carboxylic acids is 2. The molecule has 0 aliphatic carbocycles. The lowest BCUT2D eigenvalue weighted by atomic mass is 10.0. The van der Waals surface area contributed by atoms with Crippen molar-refractivity contribution in [1.82, 2.24) is 5.32 Å². The number of nitrogens with two attached hydrogens (primary N) is 1. The predicted molar refractivity (Wildman–Crippen MR) is 82.2 cm³/mol. The lowest BCUT2D eigenvalue weighted by Gasteiger charge is -2.18. The Morgan fingerprint density at radius 1 is 1.29 bits per heavy atom. The van der Waals surface area contributed by atoms with Gasteiger partial charge in [-0.15, -0.1) is 0 Å². The molecule has 1 rings (SSSR count). The van der Waals surface area contributed by atoms with Crippen molar-refractivity contribution >= 4 is 17.5 Å². The van der Waals surface area contributed by atoms with Gasteiger partial charge in [0.15, 0.2) is 0 Å². The first-order valence-corrected chi connectivity index (χ1v) is 6.78. The summed E-state index contributed by atoms with van der Waals surface area (Å²) in [4.78, 5) is 24.0. The van der Waals surface area contributed by atoms with E-state index >= 15 is 0 Å². The third-order valence-corrected chi connectivity index (χ3v) is 2.65. The van der Waals surface area contributed by atoms with E-state index in [9.17, 15) is 9.59 Å². The van der Waals surface area contributed by atoms with Crippen LogP contribution < -0.4 is 16.4 Å². The van der Waals surface area contributed by atoms with E-state index in [1.807, 2.05) is 0 Å². The van der Waals surface area contributed by atoms with Crippen LogP contribution in [0.3, 0.4) is 0 Å². The molecule has 0 aliphatic heterocycles. The fraction of sp³-hybridized carbons (Fsp3) is 0.467. The molecule has 6 nitrogen and oxygen atoms in total. The van der Waals surface area contributed by atoms with Crippen molar-refractivity contribution in [2.75, 3.05) is 25.6 Å². The van der Waals surface area contributed by atoms with E-state index in [1.54, 1.807) is 45.2 Å². The number of anilines is 1. The van der Waals surface area contributed by atoms with Crippen molar-refractivity contribution in [3.63, 3.8) is 0 Å². The Labute approximate surface area is 125 Å². The number of para-hydroxylation sites is 1. The van der Waals surface area contributed by atoms with Crippen LogP contribution in [0, 0.1) is 0 Å². The first kappa shape index (κ1) is 17.1. The highest BCUT2D eigenvalue weighted by molar-refractivity contribution is 6.03. The van der Waals surface area contributed by atoms with Gasteiger partial charge < -0.3 is 21.1 Å². The van der Waals surface area contributed by atoms with E-state index in [0.29, 0.717) is 24.4 Å². The summed E-state index contributed by atoms with van der Waals surface area (Å²) in [7, 11) is 1.56. The molecule has 0 aromatic heterocycles. The topological polar surface area (TPSA) is 93.5 Å². The third-order valence-electron chi connectivity index (χ3n) is 2.65. The molecule has 0 unspecified atom stereocenters. The average molecular weight is 293 g/mol. The normalized spacial score (nSPS) is 11.0. The average Bonchev–Trinajstić information content (AvgIpc) is 2.37. The number of methoxy groups -OCH3 is 1. The summed E-state index contributed by atoms with van der Waals surface area (Å²) in [6.45, 7) is 4.39. The van der Waals surface area contributed by atoms with Crippen molar-refractivity contribution in [1.29, 1.82) is 0 Å². The number of rotatable bonds is 7. The Balaban J connectivity index is 2.75. The van der Waals surface area contributed by atoms with E-state index in [2.05, 4.69) is 10.6 Å². The molecule has 1 aromatic carbocycles. The van der Waals surface area contributed by atoms with Gasteiger partial charge in [-0.2, -0.15) is 0 Å². The monoisotopic (exact) mass is 293 g/mol. The van der Waals surface area contributed by atoms with Gasteiger partial charge in [-0.3, -0.25) is 9.59 Å². The smallest absolute Gasteiger partial charge is 0.253 e. The zero-order chi connectivity index (χ0) is 15.9. The van der Waals surface area contributed by atoms with E-state index in [0.717, 1.165) is 0 Å². The minimum atomic E-state index is -0.597. The van der Waals surface area contributed by atoms with Gasteiger partial charge in [0.2, 0.25) is 5.91 Å². The Bertz CT molecular complexity index is 495. The molecule has 6 heteroatoms. The second-order valence-electron chi connectivity index (χ2n) is 5.51. The Kier molecular flexibility index (Phi) is 6.33. The van der Waals surface area contributed by atoms with Gasteiger partial charge in [-0.1, -0.05) is 12.1 Å². The maximum atomic E-state index is 12.1. The molecule has 0 spiro atoms. The van der Waals surface area contributed by atoms with Crippen LogP contribution in [0.25, 0.3) is 0 Å². The summed E-state index contributed by atoms with van der Waals surface area (Å²) in [5.74, 6) is -0.477. The van der Waals surface area contributed by atoms with Crippen molar-refractivity contribution in [2.24, 2.45) is 5.73 Å². The van der Waals surface area contributed by atoms with Crippen LogP contribution in [0.1, 0.15) is 30.6 Å². The maximum Gasteiger partial charge on any atom is 0.253 e. The fourth-order valence-electron chi connectivity index (χ4n) is 1.76. The summed E-state index contributed by atoms with van der Waals surface area (Å²) < 4.78 is 4.88. The van der Waals surface area contributed by atoms with Crippen molar-refractivity contribution < 1.29 is 14.3 Å². The van der Waals surface area contributed by atoms with Crippen LogP contribution in [0.4, 0.5) is 5.69 Å². The van der Waals surface area contributed by atoms with E-state index < -0.39 is 5.54 Å². The fourth-order valence-corrected chi connectivity index (χ4v) is 1.76. The number of hydrogen-bond acceptors (Lipinski definition) is 4. The number of ether oxygens (including phenoxy) is 1. The molecule has 0 bridgehead atoms. The van der Waals surface area contributed by atoms with Crippen molar-refractivity contribution in [2.45, 2.75) is 25.8 Å². The SMILES string of the molecule is COCCNC(=O)c1ccccc1NC(=O)CC(C)(C)N. The number of carbonyl (C=O) groups is 2. The highest BCUT2D eigenvalue weighted by Crippen LogP contribution is 2.16. The zero-order valence-electron chi connectivity index (χ0n) is 12.7. The Morgan fingerprint density at radius 2 is 1.95 bits per heavy atom. The lowest BCUT2D eigenvalue weighted by Crippen LogP contribution is -2.37. The first-order chi connectivity index (χ1) is 9.83. The highest BCUT2D eigenvalue weighted by atomic mass is 16.5. The van der Waals surface area contributed by atoms with Gasteiger partial charge in [-0.05, 0) is 26.0 Å². The van der Waals surface area contributed by atoms with Crippen LogP contribution in [-0.2, 0) is 9.53 Å². The Morgan fingerprint density at radius 3 is 2.57 bits per heavy atom. The molecule has 4 N–H and O–H groups in total. The van der Waals surface area contributed by atoms with Gasteiger partial charge in [0, 0.05) is 25.6 Å². The highest BCUT2D eigenvalue weighted by Gasteiger charge is 2.18. The molecule has 0 saturated carbocycles. The molecule has 0 fully saturated rings. The largest absolute Gasteiger partial charge is 0.383 e. The zero-order valence-corrected chi connectivity index (χ0v) is 12.7. The van der Waals surface area contributed by atoms with E-state index in [1.165, 1.54) is 0 Å². The molecule has 0 radical (unpaired) electrons. The summed E-state index contributed by atoms with van der Waals surface area (Å²) >= 11 is 0. The maximum absolute atomic E-state index is 12.1. The quantitative estimate of drug-likeness (QED) is 0.657. The minimum Gasteiger partial charge on any atom is -0.383 e. The first-order valence-electron chi connectivity index (χ1n) is 6.78. The van der Waals surface area contributed by atoms with Crippen molar-refractivity contribution in [3.05, 3.63) is 29.8 Å². The van der Waals surface area contributed by atoms with Crippen LogP contribution in [0.2, 0.25) is 0 Å². The second kappa shape index (κ2) is 7.75. The van der Waals surface area contributed by atoms with Crippen LogP contribution in [0.5, 0.6) is 0 Å². The molecule has 116 valence electrons. The van der Waals surface area contributed by atoms with Crippen LogP contribution in [-0.4, -0.2) is 37.6 Å². The molecule has 0 saturated heterocycles. The van der Waals surface area contributed by atoms with Crippen LogP contribution in [0.15, 0.2) is 24.3 Å². The van der Waals surface area contributed by atoms with Gasteiger partial charge in [0.1, 0.15) is 0 Å². The van der Waals surface area contributed by atoms with Crippen LogP contribution >= 0.6 is 0 Å². The number of benzene rings is 1. The predicted octanol–water partition coefficient (Wildman–Crippen LogP) is 1.13. The Hall–Kier alpha value is -1.92. The molecule has 2 amide bonds. The molecular weight excluding hydrogens is 270 g/mol. The summed E-state index contributed by atoms with van der Waals surface area (Å²) in [6.07, 6.45) is 0.173. The summed E-state index contributed by atoms with van der Waals surface area (Å²) in [6, 6.07) is 6.85. The number of amides is 2. The van der Waals surface area contributed by atoms with E-state index in [4.69, 9.17) is 10.5 Å². The van der Waals surface area contributed by atoms with Gasteiger partial charge in [-0.25, -0.2) is 0 Å². The number of hydrogen-bond donors (Lipinski definition) is 3. The van der Waals surface area contributed by atoms with Gasteiger partial charge >= 0.3 is 0 Å². The van der Waals surface area contributed by atoms with Gasteiger partial charge in [0.05, 0.1) is 17.9 Å². The second-order valence-corrected chi connectivity index (χ2v) is 5.51. The molecule has 1 aromatic rings. The third kappa shape index (κ3) is 6.37. The lowest BCUT2D eigenvalue weighted by molar-refractivity contribution is -0.117. The van der Waals surface area contributed by atoms with E-state index in [-0.39, 0.29) is 18.2 Å². The molecule has 0 aliphatic rings. The van der Waals surface area contributed by atoms with Crippen molar-refractivity contribution in [3.8, 4) is 0 Å². The molecule has 0 atom stereocenters. The molecular formula is C15H23N3O3. The summed E-state index contributed by atoms with van der Waals surface area (Å²) in [5, 5.41) is 5.45. The molecule has 0 heterocycles. The standard InChI is InChI=1S/C15H23N3O3/c1-15(2,16)10-13(19)18-12-7-5-4-6-11(12)14(20)17-8-9-21-3/h4-7H,8-10,16H2,1-3H3,(H,17,20)(H,18,19). The number of nitrogens with one attached hydrogen (secondary N) is 2. The summed E-state index contributed by atoms with van der Waals surface area (Å²) in [5.41, 5.74) is 6.10. The molecule has 21 heavy (non-hydrogen) atoms.